The van der Waals surface area contributed by atoms with Gasteiger partial charge in [0.1, 0.15) is 17.2 Å². The molecule has 0 saturated carbocycles. The molecule has 250 valence electrons. The van der Waals surface area contributed by atoms with Gasteiger partial charge in [-0.1, -0.05) is 49.4 Å². The summed E-state index contributed by atoms with van der Waals surface area (Å²) in [5.74, 6) is 0.238. The molecule has 11 heteroatoms. The molecule has 1 atom stereocenters. The number of carbonyl (C=O) groups is 3. The van der Waals surface area contributed by atoms with E-state index in [4.69, 9.17) is 9.47 Å². The first kappa shape index (κ1) is 34.9. The number of amides is 3. The highest BCUT2D eigenvalue weighted by Gasteiger charge is 2.21. The summed E-state index contributed by atoms with van der Waals surface area (Å²) in [5, 5.41) is 10.6. The Morgan fingerprint density at radius 2 is 1.65 bits per heavy atom. The van der Waals surface area contributed by atoms with E-state index >= 15 is 0 Å². The fourth-order valence-electron chi connectivity index (χ4n) is 4.73. The minimum absolute atomic E-state index is 0.0438. The molecule has 0 saturated heterocycles. The Balaban J connectivity index is 1.29. The molecule has 0 bridgehead atoms. The smallest absolute Gasteiger partial charge is 0.272 e. The molecule has 3 amide bonds. The van der Waals surface area contributed by atoms with Gasteiger partial charge in [-0.3, -0.25) is 14.4 Å². The molecular formula is C38H36N4O5S2. The lowest BCUT2D eigenvalue weighted by Crippen LogP contribution is -2.30. The van der Waals surface area contributed by atoms with Crippen molar-refractivity contribution in [1.82, 2.24) is 10.3 Å². The molecule has 3 N–H and O–H groups in total. The van der Waals surface area contributed by atoms with E-state index in [9.17, 15) is 14.4 Å². The van der Waals surface area contributed by atoms with Gasteiger partial charge >= 0.3 is 0 Å². The van der Waals surface area contributed by atoms with E-state index < -0.39 is 17.1 Å². The number of thiazole rings is 1. The van der Waals surface area contributed by atoms with Crippen LogP contribution in [0.4, 0.5) is 10.8 Å². The minimum atomic E-state index is -0.515. The van der Waals surface area contributed by atoms with Crippen LogP contribution in [0.15, 0.2) is 119 Å². The third kappa shape index (κ3) is 9.59. The molecule has 0 aliphatic rings. The summed E-state index contributed by atoms with van der Waals surface area (Å²) in [6, 6.07) is 30.8. The van der Waals surface area contributed by atoms with Gasteiger partial charge in [0.15, 0.2) is 5.13 Å². The molecule has 0 fully saturated rings. The average Bonchev–Trinajstić information content (AvgIpc) is 3.60. The second-order valence-corrected chi connectivity index (χ2v) is 12.7. The average molecular weight is 693 g/mol. The molecule has 49 heavy (non-hydrogen) atoms. The van der Waals surface area contributed by atoms with Crippen molar-refractivity contribution < 1.29 is 23.9 Å². The molecule has 1 unspecified atom stereocenters. The van der Waals surface area contributed by atoms with Crippen molar-refractivity contribution in [2.75, 3.05) is 24.4 Å². The molecule has 5 rings (SSSR count). The predicted molar refractivity (Wildman–Crippen MR) is 197 cm³/mol. The number of carbonyl (C=O) groups excluding carboxylic acids is 3. The highest BCUT2D eigenvalue weighted by molar-refractivity contribution is 8.00. The second-order valence-electron chi connectivity index (χ2n) is 10.6. The lowest BCUT2D eigenvalue weighted by atomic mass is 10.1. The van der Waals surface area contributed by atoms with Crippen LogP contribution in [0.3, 0.4) is 0 Å². The molecule has 0 aliphatic heterocycles. The largest absolute Gasteiger partial charge is 0.497 e. The van der Waals surface area contributed by atoms with Gasteiger partial charge in [0.2, 0.25) is 5.91 Å². The highest BCUT2D eigenvalue weighted by Crippen LogP contribution is 2.31. The summed E-state index contributed by atoms with van der Waals surface area (Å²) < 4.78 is 11.0. The van der Waals surface area contributed by atoms with E-state index in [-0.39, 0.29) is 11.6 Å². The fraction of sp³-hybridized carbons (Fsp3) is 0.158. The van der Waals surface area contributed by atoms with Crippen LogP contribution in [0.2, 0.25) is 0 Å². The number of methoxy groups -OCH3 is 1. The SMILES string of the molecule is CCOc1ccccc1/C=C(/NC(=O)c1ccccc1)C(=O)Nc1cccc(SC(CC)C(=O)Nc2nc(-c3ccc(OC)cc3)cs2)c1. The van der Waals surface area contributed by atoms with E-state index in [1.807, 2.05) is 73.8 Å². The summed E-state index contributed by atoms with van der Waals surface area (Å²) >= 11 is 2.75. The molecule has 0 aliphatic carbocycles. The first-order valence-corrected chi connectivity index (χ1v) is 17.4. The maximum absolute atomic E-state index is 13.7. The van der Waals surface area contributed by atoms with E-state index in [0.717, 1.165) is 21.9 Å². The van der Waals surface area contributed by atoms with Gasteiger partial charge in [0, 0.05) is 32.7 Å². The molecule has 1 aromatic heterocycles. The minimum Gasteiger partial charge on any atom is -0.497 e. The van der Waals surface area contributed by atoms with Gasteiger partial charge in [0.05, 0.1) is 24.7 Å². The number of nitrogens with one attached hydrogen (secondary N) is 3. The van der Waals surface area contributed by atoms with Crippen LogP contribution in [0.5, 0.6) is 11.5 Å². The van der Waals surface area contributed by atoms with Crippen LogP contribution >= 0.6 is 23.1 Å². The van der Waals surface area contributed by atoms with E-state index in [1.165, 1.54) is 23.1 Å². The van der Waals surface area contributed by atoms with Gasteiger partial charge < -0.3 is 25.4 Å². The summed E-state index contributed by atoms with van der Waals surface area (Å²) in [4.78, 5) is 45.4. The Labute approximate surface area is 293 Å². The number of thioether (sulfide) groups is 1. The van der Waals surface area contributed by atoms with Gasteiger partial charge in [-0.25, -0.2) is 4.98 Å². The first-order valence-electron chi connectivity index (χ1n) is 15.7. The number of anilines is 2. The number of hydrogen-bond acceptors (Lipinski definition) is 8. The summed E-state index contributed by atoms with van der Waals surface area (Å²) in [7, 11) is 1.62. The molecule has 1 heterocycles. The normalized spacial score (nSPS) is 11.7. The van der Waals surface area contributed by atoms with Crippen molar-refractivity contribution in [1.29, 1.82) is 0 Å². The van der Waals surface area contributed by atoms with Crippen molar-refractivity contribution in [2.24, 2.45) is 0 Å². The van der Waals surface area contributed by atoms with Crippen LogP contribution < -0.4 is 25.4 Å². The highest BCUT2D eigenvalue weighted by atomic mass is 32.2. The Kier molecular flexibility index (Phi) is 12.2. The topological polar surface area (TPSA) is 119 Å². The molecule has 4 aromatic carbocycles. The third-order valence-corrected chi connectivity index (χ3v) is 9.32. The quantitative estimate of drug-likeness (QED) is 0.0794. The lowest BCUT2D eigenvalue weighted by molar-refractivity contribution is -0.116. The molecule has 0 radical (unpaired) electrons. The van der Waals surface area contributed by atoms with Crippen LogP contribution in [-0.4, -0.2) is 41.7 Å². The predicted octanol–water partition coefficient (Wildman–Crippen LogP) is 8.14. The Morgan fingerprint density at radius 1 is 0.898 bits per heavy atom. The molecular weight excluding hydrogens is 657 g/mol. The third-order valence-electron chi connectivity index (χ3n) is 7.20. The maximum atomic E-state index is 13.7. The van der Waals surface area contributed by atoms with E-state index in [2.05, 4.69) is 20.9 Å². The summed E-state index contributed by atoms with van der Waals surface area (Å²) in [5.41, 5.74) is 3.29. The van der Waals surface area contributed by atoms with Crippen molar-refractivity contribution in [3.63, 3.8) is 0 Å². The van der Waals surface area contributed by atoms with Crippen molar-refractivity contribution >= 4 is 57.7 Å². The number of rotatable bonds is 14. The zero-order valence-electron chi connectivity index (χ0n) is 27.3. The number of hydrogen-bond donors (Lipinski definition) is 3. The van der Waals surface area contributed by atoms with Crippen molar-refractivity contribution in [3.05, 3.63) is 125 Å². The standard InChI is InChI=1S/C38H36N4O5S2/c1-4-34(37(45)42-38-41-32(24-48-38)25-18-20-29(46-3)21-19-25)49-30-16-11-15-28(23-30)39-36(44)31(40-35(43)26-12-7-6-8-13-26)22-27-14-9-10-17-33(27)47-5-2/h6-24,34H,4-5H2,1-3H3,(H,39,44)(H,40,43)(H,41,42,45)/b31-22+. The monoisotopic (exact) mass is 692 g/mol. The van der Waals surface area contributed by atoms with Gasteiger partial charge in [-0.05, 0) is 80.1 Å². The zero-order valence-corrected chi connectivity index (χ0v) is 28.9. The second kappa shape index (κ2) is 17.1. The lowest BCUT2D eigenvalue weighted by Gasteiger charge is -2.15. The number of aromatic nitrogens is 1. The van der Waals surface area contributed by atoms with Crippen molar-refractivity contribution in [2.45, 2.75) is 30.4 Å². The van der Waals surface area contributed by atoms with Gasteiger partial charge in [-0.15, -0.1) is 23.1 Å². The van der Waals surface area contributed by atoms with Crippen LogP contribution in [0.25, 0.3) is 17.3 Å². The summed E-state index contributed by atoms with van der Waals surface area (Å²) in [6.07, 6.45) is 2.16. The van der Waals surface area contributed by atoms with Gasteiger partial charge in [0.25, 0.3) is 11.8 Å². The van der Waals surface area contributed by atoms with E-state index in [1.54, 1.807) is 61.7 Å². The fourth-order valence-corrected chi connectivity index (χ4v) is 6.46. The number of ether oxygens (including phenoxy) is 2. The van der Waals surface area contributed by atoms with Gasteiger partial charge in [-0.2, -0.15) is 0 Å². The van der Waals surface area contributed by atoms with E-state index in [0.29, 0.717) is 40.7 Å². The maximum Gasteiger partial charge on any atom is 0.272 e. The van der Waals surface area contributed by atoms with Crippen LogP contribution in [0, 0.1) is 0 Å². The molecule has 0 spiro atoms. The number of para-hydroxylation sites is 1. The first-order chi connectivity index (χ1) is 23.9. The van der Waals surface area contributed by atoms with Crippen LogP contribution in [0.1, 0.15) is 36.2 Å². The number of nitrogens with zero attached hydrogens (tertiary/aromatic N) is 1. The Bertz CT molecular complexity index is 1930. The van der Waals surface area contributed by atoms with Crippen LogP contribution in [-0.2, 0) is 9.59 Å². The Hall–Kier alpha value is -5.39. The Morgan fingerprint density at radius 3 is 2.39 bits per heavy atom. The zero-order chi connectivity index (χ0) is 34.6. The molecule has 5 aromatic rings. The summed E-state index contributed by atoms with van der Waals surface area (Å²) in [6.45, 7) is 4.26. The van der Waals surface area contributed by atoms with Crippen molar-refractivity contribution in [3.8, 4) is 22.8 Å². The number of benzene rings is 4. The molecule has 9 nitrogen and oxygen atoms in total.